The number of carbonyl (C=O) groups excluding carboxylic acids is 2. The molecule has 3 aromatic rings. The van der Waals surface area contributed by atoms with E-state index >= 15 is 0 Å². The summed E-state index contributed by atoms with van der Waals surface area (Å²) in [5.74, 6) is -2.41. The number of benzene rings is 3. The fourth-order valence-electron chi connectivity index (χ4n) is 4.40. The third kappa shape index (κ3) is 4.93. The smallest absolute Gasteiger partial charge is 0.407 e. The summed E-state index contributed by atoms with van der Waals surface area (Å²) in [6, 6.07) is 24.5. The van der Waals surface area contributed by atoms with Gasteiger partial charge >= 0.3 is 12.1 Å². The van der Waals surface area contributed by atoms with Crippen LogP contribution >= 0.6 is 0 Å². The average Bonchev–Trinajstić information content (AvgIpc) is 3.18. The van der Waals surface area contributed by atoms with Crippen LogP contribution in [0, 0.1) is 5.92 Å². The Balaban J connectivity index is 1.47. The molecule has 2 atom stereocenters. The Bertz CT molecular complexity index is 1150. The van der Waals surface area contributed by atoms with Crippen LogP contribution in [0.3, 0.4) is 0 Å². The third-order valence-corrected chi connectivity index (χ3v) is 6.10. The highest BCUT2D eigenvalue weighted by molar-refractivity contribution is 5.84. The number of hydrogen-bond acceptors (Lipinski definition) is 4. The lowest BCUT2D eigenvalue weighted by Crippen LogP contribution is -2.42. The van der Waals surface area contributed by atoms with Gasteiger partial charge in [0.2, 0.25) is 5.91 Å². The van der Waals surface area contributed by atoms with Crippen molar-refractivity contribution in [3.05, 3.63) is 95.6 Å². The Labute approximate surface area is 197 Å². The minimum absolute atomic E-state index is 0.0791. The number of ether oxygens (including phenoxy) is 1. The van der Waals surface area contributed by atoms with Crippen LogP contribution < -0.4 is 10.6 Å². The van der Waals surface area contributed by atoms with Crippen molar-refractivity contribution in [3.8, 4) is 11.1 Å². The molecule has 2 unspecified atom stereocenters. The summed E-state index contributed by atoms with van der Waals surface area (Å²) in [6.45, 7) is 1.30. The predicted molar refractivity (Wildman–Crippen MR) is 127 cm³/mol. The van der Waals surface area contributed by atoms with E-state index in [0.717, 1.165) is 22.3 Å². The van der Waals surface area contributed by atoms with E-state index in [1.807, 2.05) is 54.6 Å². The van der Waals surface area contributed by atoms with Gasteiger partial charge in [0.15, 0.2) is 0 Å². The second-order valence-electron chi connectivity index (χ2n) is 8.26. The van der Waals surface area contributed by atoms with Crippen molar-refractivity contribution in [2.45, 2.75) is 18.9 Å². The van der Waals surface area contributed by atoms with Gasteiger partial charge in [-0.05, 0) is 27.8 Å². The Morgan fingerprint density at radius 2 is 1.44 bits per heavy atom. The SMILES string of the molecule is CC(C(=O)NCC(=O)O)C(NC(=O)OCC1c2ccccc2-c2ccccc21)c1ccccc1. The molecule has 0 saturated carbocycles. The summed E-state index contributed by atoms with van der Waals surface area (Å²) < 4.78 is 5.64. The molecule has 0 bridgehead atoms. The second-order valence-corrected chi connectivity index (χ2v) is 8.26. The van der Waals surface area contributed by atoms with Crippen molar-refractivity contribution < 1.29 is 24.2 Å². The van der Waals surface area contributed by atoms with Gasteiger partial charge in [-0.2, -0.15) is 0 Å². The van der Waals surface area contributed by atoms with E-state index in [-0.39, 0.29) is 12.5 Å². The maximum atomic E-state index is 12.8. The fraction of sp³-hybridized carbons (Fsp3) is 0.222. The molecule has 7 nitrogen and oxygen atoms in total. The summed E-state index contributed by atoms with van der Waals surface area (Å²) in [6.07, 6.45) is -0.645. The van der Waals surface area contributed by atoms with Gasteiger partial charge in [-0.15, -0.1) is 0 Å². The standard InChI is InChI=1S/C27H26N2O5/c1-17(26(32)28-15-24(30)31)25(18-9-3-2-4-10-18)29-27(33)34-16-23-21-13-7-5-11-19(21)20-12-6-8-14-22(20)23/h2-14,17,23,25H,15-16H2,1H3,(H,28,32)(H,29,33)(H,30,31). The minimum atomic E-state index is -1.14. The van der Waals surface area contributed by atoms with Gasteiger partial charge in [0, 0.05) is 5.92 Å². The van der Waals surface area contributed by atoms with Gasteiger partial charge in [0.05, 0.1) is 12.0 Å². The lowest BCUT2D eigenvalue weighted by molar-refractivity contribution is -0.138. The zero-order valence-corrected chi connectivity index (χ0v) is 18.7. The van der Waals surface area contributed by atoms with E-state index in [4.69, 9.17) is 9.84 Å². The first kappa shape index (κ1) is 23.0. The van der Waals surface area contributed by atoms with E-state index in [9.17, 15) is 14.4 Å². The Morgan fingerprint density at radius 3 is 2.03 bits per heavy atom. The average molecular weight is 459 g/mol. The largest absolute Gasteiger partial charge is 0.480 e. The quantitative estimate of drug-likeness (QED) is 0.471. The molecule has 0 saturated heterocycles. The van der Waals surface area contributed by atoms with Crippen LogP contribution in [-0.4, -0.2) is 36.2 Å². The molecule has 34 heavy (non-hydrogen) atoms. The molecule has 2 amide bonds. The van der Waals surface area contributed by atoms with Crippen molar-refractivity contribution in [1.29, 1.82) is 0 Å². The molecule has 174 valence electrons. The van der Waals surface area contributed by atoms with Crippen LogP contribution in [0.15, 0.2) is 78.9 Å². The summed E-state index contributed by atoms with van der Waals surface area (Å²) in [5, 5.41) is 14.0. The van der Waals surface area contributed by atoms with Crippen molar-refractivity contribution in [3.63, 3.8) is 0 Å². The molecule has 7 heteroatoms. The van der Waals surface area contributed by atoms with Crippen molar-refractivity contribution in [2.75, 3.05) is 13.2 Å². The lowest BCUT2D eigenvalue weighted by atomic mass is 9.94. The molecule has 4 rings (SSSR count). The number of nitrogens with one attached hydrogen (secondary N) is 2. The summed E-state index contributed by atoms with van der Waals surface area (Å²) >= 11 is 0. The van der Waals surface area contributed by atoms with Gasteiger partial charge in [0.1, 0.15) is 13.2 Å². The highest BCUT2D eigenvalue weighted by Crippen LogP contribution is 2.44. The van der Waals surface area contributed by atoms with Gasteiger partial charge in [-0.3, -0.25) is 9.59 Å². The van der Waals surface area contributed by atoms with Crippen LogP contribution in [0.2, 0.25) is 0 Å². The number of amides is 2. The Kier molecular flexibility index (Phi) is 6.92. The first-order valence-corrected chi connectivity index (χ1v) is 11.1. The highest BCUT2D eigenvalue weighted by Gasteiger charge is 2.31. The number of aliphatic carboxylic acids is 1. The number of alkyl carbamates (subject to hydrolysis) is 1. The van der Waals surface area contributed by atoms with Crippen LogP contribution in [-0.2, 0) is 14.3 Å². The van der Waals surface area contributed by atoms with E-state index in [1.54, 1.807) is 19.1 Å². The molecule has 0 spiro atoms. The zero-order chi connectivity index (χ0) is 24.1. The molecule has 0 fully saturated rings. The van der Waals surface area contributed by atoms with Gasteiger partial charge in [-0.25, -0.2) is 4.79 Å². The minimum Gasteiger partial charge on any atom is -0.480 e. The number of rotatable bonds is 8. The maximum Gasteiger partial charge on any atom is 0.407 e. The van der Waals surface area contributed by atoms with E-state index in [2.05, 4.69) is 22.8 Å². The lowest BCUT2D eigenvalue weighted by Gasteiger charge is -2.25. The number of hydrogen-bond donors (Lipinski definition) is 3. The molecule has 0 heterocycles. The van der Waals surface area contributed by atoms with Crippen LogP contribution in [0.4, 0.5) is 4.79 Å². The van der Waals surface area contributed by atoms with Crippen LogP contribution in [0.1, 0.15) is 35.6 Å². The zero-order valence-electron chi connectivity index (χ0n) is 18.7. The maximum absolute atomic E-state index is 12.8. The van der Waals surface area contributed by atoms with Gasteiger partial charge in [-0.1, -0.05) is 85.8 Å². The van der Waals surface area contributed by atoms with E-state index in [0.29, 0.717) is 5.56 Å². The van der Waals surface area contributed by atoms with Crippen molar-refractivity contribution in [1.82, 2.24) is 10.6 Å². The van der Waals surface area contributed by atoms with Gasteiger partial charge in [0.25, 0.3) is 0 Å². The molecule has 0 aromatic heterocycles. The summed E-state index contributed by atoms with van der Waals surface area (Å²) in [4.78, 5) is 36.2. The topological polar surface area (TPSA) is 105 Å². The number of carbonyl (C=O) groups is 3. The number of fused-ring (bicyclic) bond motifs is 3. The Hall–Kier alpha value is -4.13. The predicted octanol–water partition coefficient (Wildman–Crippen LogP) is 4.10. The fourth-order valence-corrected chi connectivity index (χ4v) is 4.40. The van der Waals surface area contributed by atoms with Crippen molar-refractivity contribution >= 4 is 18.0 Å². The summed E-state index contributed by atoms with van der Waals surface area (Å²) in [7, 11) is 0. The van der Waals surface area contributed by atoms with E-state index < -0.39 is 36.5 Å². The molecule has 1 aliphatic carbocycles. The van der Waals surface area contributed by atoms with E-state index in [1.165, 1.54) is 0 Å². The molecular formula is C27H26N2O5. The van der Waals surface area contributed by atoms with Crippen LogP contribution in [0.5, 0.6) is 0 Å². The highest BCUT2D eigenvalue weighted by atomic mass is 16.5. The third-order valence-electron chi connectivity index (χ3n) is 6.10. The molecule has 3 aromatic carbocycles. The summed E-state index contributed by atoms with van der Waals surface area (Å²) in [5.41, 5.74) is 5.21. The molecule has 3 N–H and O–H groups in total. The van der Waals surface area contributed by atoms with Gasteiger partial charge < -0.3 is 20.5 Å². The monoisotopic (exact) mass is 458 g/mol. The first-order chi connectivity index (χ1) is 16.5. The van der Waals surface area contributed by atoms with Crippen LogP contribution in [0.25, 0.3) is 11.1 Å². The number of carboxylic acid groups (broad SMARTS) is 1. The first-order valence-electron chi connectivity index (χ1n) is 11.1. The molecule has 0 aliphatic heterocycles. The molecular weight excluding hydrogens is 432 g/mol. The Morgan fingerprint density at radius 1 is 0.882 bits per heavy atom. The van der Waals surface area contributed by atoms with Crippen molar-refractivity contribution in [2.24, 2.45) is 5.92 Å². The molecule has 1 aliphatic rings. The normalized spacial score (nSPS) is 13.8. The second kappa shape index (κ2) is 10.2. The molecule has 0 radical (unpaired) electrons. The number of carboxylic acids is 1.